The number of pyridine rings is 1. The normalized spacial score (nSPS) is 18.8. The Kier molecular flexibility index (Phi) is 7.00. The van der Waals surface area contributed by atoms with E-state index in [1.165, 1.54) is 0 Å². The molecule has 1 aliphatic rings. The molecule has 1 fully saturated rings. The molecule has 2 amide bonds. The van der Waals surface area contributed by atoms with E-state index < -0.39 is 83.2 Å². The summed E-state index contributed by atoms with van der Waals surface area (Å²) in [5.74, 6) is -8.23. The van der Waals surface area contributed by atoms with Gasteiger partial charge in [-0.05, 0) is 19.1 Å². The number of likely N-dealkylation sites (tertiary alicyclic amines) is 1. The number of fused-ring (bicyclic) bond motifs is 1. The number of nitrogen functional groups attached to an aromatic ring is 1. The molecule has 0 radical (unpaired) electrons. The van der Waals surface area contributed by atoms with E-state index >= 15 is 0 Å². The number of nitrogens with one attached hydrogen (secondary N) is 1. The van der Waals surface area contributed by atoms with Crippen LogP contribution in [0.1, 0.15) is 22.8 Å². The summed E-state index contributed by atoms with van der Waals surface area (Å²) < 4.78 is 115. The van der Waals surface area contributed by atoms with Crippen molar-refractivity contribution in [2.75, 3.05) is 25.9 Å². The van der Waals surface area contributed by atoms with Gasteiger partial charge in [-0.3, -0.25) is 9.59 Å². The second-order valence-electron chi connectivity index (χ2n) is 9.17. The topological polar surface area (TPSA) is 148 Å². The Labute approximate surface area is 223 Å². The zero-order valence-electron chi connectivity index (χ0n) is 20.8. The first-order valence-corrected chi connectivity index (χ1v) is 11.3. The van der Waals surface area contributed by atoms with Crippen LogP contribution in [0.3, 0.4) is 0 Å². The summed E-state index contributed by atoms with van der Waals surface area (Å²) in [5.41, 5.74) is -1.11. The lowest BCUT2D eigenvalue weighted by Gasteiger charge is -2.29. The number of nitrogens with zero attached hydrogens (tertiary/aromatic N) is 5. The number of amides is 2. The first kappa shape index (κ1) is 29.7. The van der Waals surface area contributed by atoms with Crippen molar-refractivity contribution in [2.24, 2.45) is 0 Å². The SMILES string of the molecule is COc1ncc(-c2cc(C(F)(F)F)c3c(N)ncnn23)cc1C(=O)NC1CN(C(=O)C(C)(O)C(F)(F)F)CC1(F)F. The van der Waals surface area contributed by atoms with Gasteiger partial charge >= 0.3 is 12.4 Å². The standard InChI is InChI=1S/C22H19F8N7O4/c1-19(40,22(28,29)30)18(39)36-6-13(20(23,24)7-36)35-16(38)10-3-9(5-32-17(10)41-2)12-4-11(21(25,26)27)14-15(31)33-8-34-37(12)14/h3-5,8,13,40H,6-7H2,1-2H3,(H,35,38)(H2,31,33,34). The molecule has 1 saturated heterocycles. The van der Waals surface area contributed by atoms with Gasteiger partial charge in [-0.2, -0.15) is 31.4 Å². The summed E-state index contributed by atoms with van der Waals surface area (Å²) in [7, 11) is 1.06. The molecule has 4 rings (SSSR count). The zero-order chi connectivity index (χ0) is 30.7. The van der Waals surface area contributed by atoms with Crippen LogP contribution in [-0.2, 0) is 11.0 Å². The molecule has 4 N–H and O–H groups in total. The van der Waals surface area contributed by atoms with E-state index in [-0.39, 0.29) is 23.1 Å². The van der Waals surface area contributed by atoms with Gasteiger partial charge in [0.15, 0.2) is 5.82 Å². The quantitative estimate of drug-likeness (QED) is 0.380. The minimum Gasteiger partial charge on any atom is -0.480 e. The molecule has 1 aliphatic heterocycles. The van der Waals surface area contributed by atoms with Crippen LogP contribution in [0.4, 0.5) is 40.9 Å². The van der Waals surface area contributed by atoms with Crippen molar-refractivity contribution in [1.29, 1.82) is 0 Å². The smallest absolute Gasteiger partial charge is 0.426 e. The van der Waals surface area contributed by atoms with Crippen molar-refractivity contribution >= 4 is 23.1 Å². The van der Waals surface area contributed by atoms with Crippen molar-refractivity contribution in [3.8, 4) is 17.1 Å². The highest BCUT2D eigenvalue weighted by Gasteiger charge is 2.60. The van der Waals surface area contributed by atoms with Crippen molar-refractivity contribution in [2.45, 2.75) is 36.8 Å². The highest BCUT2D eigenvalue weighted by molar-refractivity contribution is 5.98. The van der Waals surface area contributed by atoms with Crippen LogP contribution in [-0.4, -0.2) is 85.3 Å². The van der Waals surface area contributed by atoms with Crippen LogP contribution in [0, 0.1) is 0 Å². The summed E-state index contributed by atoms with van der Waals surface area (Å²) in [5, 5.41) is 15.2. The molecule has 19 heteroatoms. The Morgan fingerprint density at radius 1 is 1.17 bits per heavy atom. The third kappa shape index (κ3) is 5.16. The molecule has 0 aromatic carbocycles. The van der Waals surface area contributed by atoms with E-state index in [2.05, 4.69) is 15.1 Å². The number of ether oxygens (including phenoxy) is 1. The molecule has 0 aliphatic carbocycles. The second-order valence-corrected chi connectivity index (χ2v) is 9.17. The Hall–Kier alpha value is -4.29. The molecule has 0 bridgehead atoms. The van der Waals surface area contributed by atoms with Gasteiger partial charge in [0, 0.05) is 18.3 Å². The van der Waals surface area contributed by atoms with E-state index in [9.17, 15) is 49.8 Å². The maximum atomic E-state index is 14.7. The highest BCUT2D eigenvalue weighted by atomic mass is 19.4. The Bertz CT molecular complexity index is 1520. The summed E-state index contributed by atoms with van der Waals surface area (Å²) in [6, 6.07) is -0.590. The number of halogens is 8. The molecular weight excluding hydrogens is 578 g/mol. The fraction of sp³-hybridized carbons (Fsp3) is 0.409. The van der Waals surface area contributed by atoms with Crippen LogP contribution in [0.5, 0.6) is 5.88 Å². The van der Waals surface area contributed by atoms with E-state index in [0.29, 0.717) is 6.07 Å². The molecule has 2 atom stereocenters. The lowest BCUT2D eigenvalue weighted by Crippen LogP contribution is -2.56. The van der Waals surface area contributed by atoms with Gasteiger partial charge in [0.25, 0.3) is 17.7 Å². The summed E-state index contributed by atoms with van der Waals surface area (Å²) in [6.07, 6.45) is -8.47. The van der Waals surface area contributed by atoms with Crippen LogP contribution in [0.15, 0.2) is 24.7 Å². The van der Waals surface area contributed by atoms with E-state index in [4.69, 9.17) is 10.5 Å². The number of hydrogen-bond acceptors (Lipinski definition) is 8. The first-order valence-electron chi connectivity index (χ1n) is 11.3. The highest BCUT2D eigenvalue weighted by Crippen LogP contribution is 2.39. The molecule has 222 valence electrons. The molecular formula is C22H19F8N7O4. The minimum absolute atomic E-state index is 0.0554. The number of carbonyl (C=O) groups is 2. The zero-order valence-corrected chi connectivity index (χ0v) is 20.8. The van der Waals surface area contributed by atoms with Crippen LogP contribution in [0.2, 0.25) is 0 Å². The molecule has 3 aromatic rings. The summed E-state index contributed by atoms with van der Waals surface area (Å²) in [4.78, 5) is 32.7. The lowest BCUT2D eigenvalue weighted by atomic mass is 10.1. The van der Waals surface area contributed by atoms with Crippen molar-refractivity contribution in [1.82, 2.24) is 29.8 Å². The molecule has 0 spiro atoms. The van der Waals surface area contributed by atoms with E-state index in [1.54, 1.807) is 0 Å². The van der Waals surface area contributed by atoms with Crippen LogP contribution in [0.25, 0.3) is 16.8 Å². The van der Waals surface area contributed by atoms with Crippen LogP contribution >= 0.6 is 0 Å². The monoisotopic (exact) mass is 597 g/mol. The maximum absolute atomic E-state index is 14.7. The van der Waals surface area contributed by atoms with E-state index in [0.717, 1.165) is 30.2 Å². The Balaban J connectivity index is 1.68. The summed E-state index contributed by atoms with van der Waals surface area (Å²) in [6.45, 7) is -2.54. The molecule has 3 aromatic heterocycles. The predicted molar refractivity (Wildman–Crippen MR) is 122 cm³/mol. The van der Waals surface area contributed by atoms with E-state index in [1.807, 2.05) is 5.32 Å². The van der Waals surface area contributed by atoms with Gasteiger partial charge in [0.05, 0.1) is 24.9 Å². The average Bonchev–Trinajstić information content (AvgIpc) is 3.40. The Morgan fingerprint density at radius 2 is 1.83 bits per heavy atom. The maximum Gasteiger partial charge on any atom is 0.426 e. The fourth-order valence-corrected chi connectivity index (χ4v) is 4.16. The molecule has 4 heterocycles. The number of hydrogen-bond donors (Lipinski definition) is 3. The van der Waals surface area contributed by atoms with Crippen molar-refractivity contribution in [3.63, 3.8) is 0 Å². The van der Waals surface area contributed by atoms with Crippen molar-refractivity contribution in [3.05, 3.63) is 35.8 Å². The van der Waals surface area contributed by atoms with Gasteiger partial charge in [0.2, 0.25) is 11.5 Å². The lowest BCUT2D eigenvalue weighted by molar-refractivity contribution is -0.250. The molecule has 0 saturated carbocycles. The number of rotatable bonds is 5. The van der Waals surface area contributed by atoms with Gasteiger partial charge in [-0.15, -0.1) is 0 Å². The number of methoxy groups -OCH3 is 1. The van der Waals surface area contributed by atoms with Gasteiger partial charge in [-0.1, -0.05) is 0 Å². The Morgan fingerprint density at radius 3 is 2.41 bits per heavy atom. The molecule has 41 heavy (non-hydrogen) atoms. The minimum atomic E-state index is -5.47. The average molecular weight is 597 g/mol. The number of anilines is 1. The third-order valence-electron chi connectivity index (χ3n) is 6.35. The van der Waals surface area contributed by atoms with Gasteiger partial charge in [0.1, 0.15) is 23.4 Å². The molecule has 2 unspecified atom stereocenters. The first-order chi connectivity index (χ1) is 18.8. The largest absolute Gasteiger partial charge is 0.480 e. The second kappa shape index (κ2) is 9.67. The van der Waals surface area contributed by atoms with Gasteiger partial charge < -0.3 is 25.8 Å². The number of aromatic nitrogens is 4. The number of aliphatic hydroxyl groups is 1. The van der Waals surface area contributed by atoms with Gasteiger partial charge in [-0.25, -0.2) is 23.3 Å². The third-order valence-corrected chi connectivity index (χ3v) is 6.35. The molecule has 11 nitrogen and oxygen atoms in total. The number of alkyl halides is 8. The predicted octanol–water partition coefficient (Wildman–Crippen LogP) is 2.29. The number of nitrogens with two attached hydrogens (primary N) is 1. The van der Waals surface area contributed by atoms with Crippen LogP contribution < -0.4 is 15.8 Å². The fourth-order valence-electron chi connectivity index (χ4n) is 4.16. The van der Waals surface area contributed by atoms with Crippen molar-refractivity contribution < 1.29 is 54.6 Å². The number of carbonyl (C=O) groups excluding carboxylic acids is 2. The summed E-state index contributed by atoms with van der Waals surface area (Å²) >= 11 is 0.